The predicted molar refractivity (Wildman–Crippen MR) is 75.7 cm³/mol. The first-order valence-electron chi connectivity index (χ1n) is 7.05. The highest BCUT2D eigenvalue weighted by molar-refractivity contribution is 5.01. The van der Waals surface area contributed by atoms with Gasteiger partial charge in [-0.25, -0.2) is 0 Å². The first kappa shape index (κ1) is 15.9. The van der Waals surface area contributed by atoms with E-state index in [2.05, 4.69) is 53.8 Å². The zero-order valence-electron chi connectivity index (χ0n) is 13.1. The summed E-state index contributed by atoms with van der Waals surface area (Å²) in [5.74, 6) is 0. The molecule has 108 valence electrons. The van der Waals surface area contributed by atoms with Crippen LogP contribution in [0.3, 0.4) is 0 Å². The molecule has 0 radical (unpaired) electrons. The molecule has 1 saturated heterocycles. The smallest absolute Gasteiger partial charge is 0.0787 e. The fraction of sp³-hybridized carbons (Fsp3) is 1.00. The van der Waals surface area contributed by atoms with Gasteiger partial charge in [0.1, 0.15) is 0 Å². The third-order valence-corrected chi connectivity index (χ3v) is 3.94. The highest BCUT2D eigenvalue weighted by atomic mass is 16.5. The molecule has 1 aliphatic heterocycles. The Morgan fingerprint density at radius 1 is 1.28 bits per heavy atom. The zero-order chi connectivity index (χ0) is 14.2. The van der Waals surface area contributed by atoms with Gasteiger partial charge in [-0.2, -0.15) is 0 Å². The largest absolute Gasteiger partial charge is 0.396 e. The van der Waals surface area contributed by atoms with Crippen molar-refractivity contribution in [2.45, 2.75) is 84.6 Å². The van der Waals surface area contributed by atoms with Crippen LogP contribution < -0.4 is 5.32 Å². The molecule has 0 aromatic rings. The molecule has 0 bridgehead atoms. The van der Waals surface area contributed by atoms with Gasteiger partial charge < -0.3 is 15.2 Å². The first-order valence-corrected chi connectivity index (χ1v) is 7.05. The molecule has 18 heavy (non-hydrogen) atoms. The van der Waals surface area contributed by atoms with Crippen molar-refractivity contribution in [3.8, 4) is 0 Å². The summed E-state index contributed by atoms with van der Waals surface area (Å²) >= 11 is 0. The molecule has 0 saturated carbocycles. The van der Waals surface area contributed by atoms with E-state index in [1.54, 1.807) is 0 Å². The van der Waals surface area contributed by atoms with Crippen molar-refractivity contribution in [1.29, 1.82) is 0 Å². The maximum absolute atomic E-state index is 9.24. The lowest BCUT2D eigenvalue weighted by molar-refractivity contribution is -0.0714. The second-order valence-electron chi connectivity index (χ2n) is 7.82. The summed E-state index contributed by atoms with van der Waals surface area (Å²) in [5.41, 5.74) is -0.0726. The minimum atomic E-state index is -0.150. The summed E-state index contributed by atoms with van der Waals surface area (Å²) in [4.78, 5) is 0. The average Bonchev–Trinajstić information content (AvgIpc) is 2.31. The van der Waals surface area contributed by atoms with Gasteiger partial charge in [0.15, 0.2) is 0 Å². The van der Waals surface area contributed by atoms with Crippen molar-refractivity contribution >= 4 is 0 Å². The lowest BCUT2D eigenvalue weighted by Gasteiger charge is -2.37. The van der Waals surface area contributed by atoms with Gasteiger partial charge in [-0.05, 0) is 46.0 Å². The Balaban J connectivity index is 2.76. The predicted octanol–water partition coefficient (Wildman–Crippen LogP) is 2.72. The van der Waals surface area contributed by atoms with Crippen molar-refractivity contribution in [3.05, 3.63) is 0 Å². The quantitative estimate of drug-likeness (QED) is 0.813. The van der Waals surface area contributed by atoms with Gasteiger partial charge in [0.25, 0.3) is 0 Å². The normalized spacial score (nSPS) is 28.3. The van der Waals surface area contributed by atoms with E-state index in [0.717, 1.165) is 12.8 Å². The minimum absolute atomic E-state index is 0.0667. The molecule has 2 atom stereocenters. The molecule has 3 heteroatoms. The van der Waals surface area contributed by atoms with E-state index in [-0.39, 0.29) is 23.2 Å². The van der Waals surface area contributed by atoms with Gasteiger partial charge in [0.2, 0.25) is 0 Å². The lowest BCUT2D eigenvalue weighted by Crippen LogP contribution is -2.52. The third kappa shape index (κ3) is 3.94. The van der Waals surface area contributed by atoms with Gasteiger partial charge in [0, 0.05) is 18.7 Å². The Kier molecular flexibility index (Phi) is 4.52. The van der Waals surface area contributed by atoms with Crippen LogP contribution in [0.1, 0.15) is 61.3 Å². The molecule has 1 heterocycles. The third-order valence-electron chi connectivity index (χ3n) is 3.94. The number of aliphatic hydroxyl groups is 1. The zero-order valence-corrected chi connectivity index (χ0v) is 13.1. The molecule has 0 aromatic carbocycles. The summed E-state index contributed by atoms with van der Waals surface area (Å²) < 4.78 is 6.12. The number of nitrogens with one attached hydrogen (secondary N) is 1. The summed E-state index contributed by atoms with van der Waals surface area (Å²) in [6.45, 7) is 15.5. The van der Waals surface area contributed by atoms with Crippen LogP contribution in [0.25, 0.3) is 0 Å². The van der Waals surface area contributed by atoms with E-state index in [1.807, 2.05) is 0 Å². The van der Waals surface area contributed by atoms with Crippen molar-refractivity contribution in [2.24, 2.45) is 5.41 Å². The number of aliphatic hydroxyl groups excluding tert-OH is 1. The first-order chi connectivity index (χ1) is 7.98. The second-order valence-corrected chi connectivity index (χ2v) is 7.82. The summed E-state index contributed by atoms with van der Waals surface area (Å²) in [6, 6.07) is 0.646. The van der Waals surface area contributed by atoms with Gasteiger partial charge in [-0.3, -0.25) is 0 Å². The monoisotopic (exact) mass is 257 g/mol. The lowest BCUT2D eigenvalue weighted by atomic mass is 9.83. The van der Waals surface area contributed by atoms with Crippen LogP contribution in [-0.4, -0.2) is 35.0 Å². The summed E-state index contributed by atoms with van der Waals surface area (Å²) in [6.07, 6.45) is 1.80. The average molecular weight is 257 g/mol. The Labute approximate surface area is 112 Å². The maximum Gasteiger partial charge on any atom is 0.0787 e. The van der Waals surface area contributed by atoms with Gasteiger partial charge in [-0.15, -0.1) is 0 Å². The number of hydrogen-bond donors (Lipinski definition) is 2. The molecule has 1 fully saturated rings. The Morgan fingerprint density at radius 2 is 1.83 bits per heavy atom. The van der Waals surface area contributed by atoms with Crippen LogP contribution in [0.15, 0.2) is 0 Å². The van der Waals surface area contributed by atoms with Crippen LogP contribution >= 0.6 is 0 Å². The molecule has 2 N–H and O–H groups in total. The molecule has 2 unspecified atom stereocenters. The fourth-order valence-electron chi connectivity index (χ4n) is 2.96. The van der Waals surface area contributed by atoms with Gasteiger partial charge >= 0.3 is 0 Å². The highest BCUT2D eigenvalue weighted by Crippen LogP contribution is 2.38. The minimum Gasteiger partial charge on any atom is -0.396 e. The van der Waals surface area contributed by atoms with Crippen LogP contribution in [0, 0.1) is 5.41 Å². The molecular formula is C15H31NO2. The van der Waals surface area contributed by atoms with Crippen molar-refractivity contribution in [3.63, 3.8) is 0 Å². The number of rotatable bonds is 4. The SMILES string of the molecule is CC1(C)CC(NC(CCO)C(C)(C)C)C(C)(C)O1. The van der Waals surface area contributed by atoms with Crippen LogP contribution in [0.2, 0.25) is 0 Å². The van der Waals surface area contributed by atoms with E-state index in [1.165, 1.54) is 0 Å². The van der Waals surface area contributed by atoms with E-state index >= 15 is 0 Å². The van der Waals surface area contributed by atoms with Crippen LogP contribution in [0.4, 0.5) is 0 Å². The molecule has 0 spiro atoms. The van der Waals surface area contributed by atoms with Gasteiger partial charge in [-0.1, -0.05) is 20.8 Å². The molecule has 0 aromatic heterocycles. The van der Waals surface area contributed by atoms with Crippen LogP contribution in [-0.2, 0) is 4.74 Å². The molecule has 0 aliphatic carbocycles. The Morgan fingerprint density at radius 3 is 2.17 bits per heavy atom. The highest BCUT2D eigenvalue weighted by Gasteiger charge is 2.47. The van der Waals surface area contributed by atoms with Crippen molar-refractivity contribution in [2.75, 3.05) is 6.61 Å². The van der Waals surface area contributed by atoms with Crippen LogP contribution in [0.5, 0.6) is 0 Å². The number of hydrogen-bond acceptors (Lipinski definition) is 3. The van der Waals surface area contributed by atoms with E-state index < -0.39 is 0 Å². The van der Waals surface area contributed by atoms with Gasteiger partial charge in [0.05, 0.1) is 11.2 Å². The van der Waals surface area contributed by atoms with Crippen molar-refractivity contribution < 1.29 is 9.84 Å². The summed E-state index contributed by atoms with van der Waals surface area (Å²) in [5, 5.41) is 13.0. The topological polar surface area (TPSA) is 41.5 Å². The molecular weight excluding hydrogens is 226 g/mol. The Bertz CT molecular complexity index is 279. The van der Waals surface area contributed by atoms with E-state index in [0.29, 0.717) is 12.1 Å². The molecule has 0 amide bonds. The van der Waals surface area contributed by atoms with E-state index in [9.17, 15) is 5.11 Å². The second kappa shape index (κ2) is 5.10. The molecule has 3 nitrogen and oxygen atoms in total. The number of ether oxygens (including phenoxy) is 1. The maximum atomic E-state index is 9.24. The van der Waals surface area contributed by atoms with E-state index in [4.69, 9.17) is 4.74 Å². The molecule has 1 aliphatic rings. The summed E-state index contributed by atoms with van der Waals surface area (Å²) in [7, 11) is 0. The Hall–Kier alpha value is -0.120. The standard InChI is InChI=1S/C15H31NO2/c1-13(2,3)11(8-9-17)16-12-10-14(4,5)18-15(12,6)7/h11-12,16-17H,8-10H2,1-7H3. The van der Waals surface area contributed by atoms with Crippen molar-refractivity contribution in [1.82, 2.24) is 5.32 Å². The fourth-order valence-corrected chi connectivity index (χ4v) is 2.96. The molecule has 1 rings (SSSR count).